The Kier molecular flexibility index (Phi) is 0.848. The van der Waals surface area contributed by atoms with Crippen molar-refractivity contribution in [2.24, 2.45) is 0 Å². The molecule has 0 N–H and O–H groups in total. The van der Waals surface area contributed by atoms with Crippen LogP contribution in [-0.4, -0.2) is 9.97 Å². The molecule has 2 nitrogen and oxygen atoms in total. The summed E-state index contributed by atoms with van der Waals surface area (Å²) in [6, 6.07) is 0. The lowest BCUT2D eigenvalue weighted by Gasteiger charge is -2.02. The minimum absolute atomic E-state index is 0.533. The molecule has 0 bridgehead atoms. The van der Waals surface area contributed by atoms with Crippen LogP contribution in [0, 0.1) is 5.82 Å². The van der Waals surface area contributed by atoms with Crippen molar-refractivity contribution in [1.82, 2.24) is 9.97 Å². The van der Waals surface area contributed by atoms with Crippen LogP contribution in [0.1, 0.15) is 35.0 Å². The maximum Gasteiger partial charge on any atom is 0.178 e. The Balaban J connectivity index is 3.51. The fraction of sp³-hybridized carbons (Fsp3) is 0.429. The molecule has 0 atom stereocenters. The average Bonchev–Trinajstić information content (AvgIpc) is 2.17. The van der Waals surface area contributed by atoms with Gasteiger partial charge in [-0.25, -0.2) is 14.4 Å². The maximum atomic E-state index is 12.9. The van der Waals surface area contributed by atoms with Gasteiger partial charge >= 0.3 is 0 Å². The van der Waals surface area contributed by atoms with Crippen LogP contribution in [0.15, 0.2) is 6.20 Å². The first kappa shape index (κ1) is 2.98. The van der Waals surface area contributed by atoms with Gasteiger partial charge in [0.15, 0.2) is 11.0 Å². The third kappa shape index (κ3) is 1.87. The first-order chi connectivity index (χ1) is 7.91. The van der Waals surface area contributed by atoms with E-state index < -0.39 is 36.4 Å². The van der Waals surface area contributed by atoms with Crippen molar-refractivity contribution in [1.29, 1.82) is 0 Å². The lowest BCUT2D eigenvalue weighted by atomic mass is 10.2. The van der Waals surface area contributed by atoms with Gasteiger partial charge < -0.3 is 0 Å². The zero-order valence-corrected chi connectivity index (χ0v) is 5.98. The highest BCUT2D eigenvalue weighted by Crippen LogP contribution is 2.14. The first-order valence-corrected chi connectivity index (χ1v) is 2.97. The molecule has 0 saturated carbocycles. The lowest BCUT2D eigenvalue weighted by Crippen LogP contribution is -1.98. The summed E-state index contributed by atoms with van der Waals surface area (Å²) in [4.78, 5) is 6.52. The van der Waals surface area contributed by atoms with Crippen LogP contribution in [0.5, 0.6) is 0 Å². The summed E-state index contributed by atoms with van der Waals surface area (Å²) >= 11 is 5.34. The maximum absolute atomic E-state index is 12.9. The normalized spacial score (nSPS) is 23.3. The lowest BCUT2D eigenvalue weighted by molar-refractivity contribution is 0.604. The molecule has 0 amide bonds. The molecule has 1 heterocycles. The summed E-state index contributed by atoms with van der Waals surface area (Å²) in [5, 5.41) is -0.731. The number of hydrogen-bond acceptors (Lipinski definition) is 2. The van der Waals surface area contributed by atoms with Crippen LogP contribution in [0.3, 0.4) is 0 Å². The molecule has 1 aromatic rings. The molecule has 0 aliphatic heterocycles. The number of hydrogen-bond donors (Lipinski definition) is 0. The van der Waals surface area contributed by atoms with Crippen molar-refractivity contribution in [2.45, 2.75) is 19.6 Å². The molecule has 0 aromatic carbocycles. The third-order valence-electron chi connectivity index (χ3n) is 0.925. The Hall–Kier alpha value is -0.700. The van der Waals surface area contributed by atoms with E-state index in [1.807, 2.05) is 0 Å². The van der Waals surface area contributed by atoms with Gasteiger partial charge in [0.2, 0.25) is 0 Å². The molecule has 11 heavy (non-hydrogen) atoms. The first-order valence-electron chi connectivity index (χ1n) is 6.10. The van der Waals surface area contributed by atoms with Gasteiger partial charge in [-0.2, -0.15) is 0 Å². The van der Waals surface area contributed by atoms with Gasteiger partial charge in [-0.1, -0.05) is 25.3 Å². The van der Waals surface area contributed by atoms with Crippen molar-refractivity contribution in [2.75, 3.05) is 0 Å². The Morgan fingerprint density at radius 1 is 1.82 bits per heavy atom. The molecule has 4 heteroatoms. The molecule has 0 aliphatic rings. The van der Waals surface area contributed by atoms with Crippen molar-refractivity contribution in [3.05, 3.63) is 23.0 Å². The Morgan fingerprint density at radius 2 is 2.55 bits per heavy atom. The topological polar surface area (TPSA) is 25.8 Å². The second kappa shape index (κ2) is 3.13. The second-order valence-electron chi connectivity index (χ2n) is 1.71. The number of rotatable bonds is 1. The van der Waals surface area contributed by atoms with Gasteiger partial charge in [-0.15, -0.1) is 0 Å². The quantitative estimate of drug-likeness (QED) is 0.622. The van der Waals surface area contributed by atoms with Crippen LogP contribution in [-0.2, 0) is 0 Å². The summed E-state index contributed by atoms with van der Waals surface area (Å²) in [7, 11) is 0. The molecule has 1 aromatic heterocycles. The molecule has 60 valence electrons. The molecule has 0 fully saturated rings. The highest BCUT2D eigenvalue weighted by atomic mass is 35.5. The predicted molar refractivity (Wildman–Crippen MR) is 41.1 cm³/mol. The fourth-order valence-corrected chi connectivity index (χ4v) is 0.596. The highest BCUT2D eigenvalue weighted by Gasteiger charge is 2.06. The number of aromatic nitrogens is 2. The van der Waals surface area contributed by atoms with Crippen molar-refractivity contribution < 1.29 is 14.0 Å². The van der Waals surface area contributed by atoms with Crippen molar-refractivity contribution in [3.63, 3.8) is 0 Å². The highest BCUT2D eigenvalue weighted by molar-refractivity contribution is 6.29. The van der Waals surface area contributed by atoms with Gasteiger partial charge in [0, 0.05) is 15.5 Å². The monoisotopic (exact) mass is 181 g/mol. The van der Waals surface area contributed by atoms with E-state index in [1.54, 1.807) is 0 Å². The minimum Gasteiger partial charge on any atom is -0.238 e. The van der Waals surface area contributed by atoms with E-state index in [0.29, 0.717) is 6.20 Å². The Morgan fingerprint density at radius 3 is 3.09 bits per heavy atom. The molecule has 0 spiro atoms. The van der Waals surface area contributed by atoms with Gasteiger partial charge in [-0.05, 0) is 0 Å². The number of nitrogens with zero attached hydrogens (tertiary/aromatic N) is 2. The van der Waals surface area contributed by atoms with Gasteiger partial charge in [0.25, 0.3) is 0 Å². The standard InChI is InChI=1S/C7H8ClFN2/c1-4(2)7-10-3-5(9)6(8)11-7/h3-4H,1-2H3/i1D3,2D3,4D. The van der Waals surface area contributed by atoms with E-state index in [4.69, 9.17) is 21.2 Å². The second-order valence-corrected chi connectivity index (χ2v) is 2.07. The van der Waals surface area contributed by atoms with Crippen molar-refractivity contribution in [3.8, 4) is 0 Å². The summed E-state index contributed by atoms with van der Waals surface area (Å²) in [6.07, 6.45) is 0.533. The zero-order valence-electron chi connectivity index (χ0n) is 12.2. The van der Waals surface area contributed by atoms with Crippen LogP contribution in [0.25, 0.3) is 0 Å². The number of halogens is 2. The molecular weight excluding hydrogens is 167 g/mol. The van der Waals surface area contributed by atoms with Gasteiger partial charge in [-0.3, -0.25) is 0 Å². The third-order valence-corrected chi connectivity index (χ3v) is 1.19. The van der Waals surface area contributed by atoms with Gasteiger partial charge in [0.1, 0.15) is 5.82 Å². The molecule has 0 saturated heterocycles. The largest absolute Gasteiger partial charge is 0.238 e. The molecule has 0 unspecified atom stereocenters. The van der Waals surface area contributed by atoms with Crippen LogP contribution in [0.4, 0.5) is 4.39 Å². The molecular formula is C7H8ClFN2. The van der Waals surface area contributed by atoms with E-state index in [-0.39, 0.29) is 0 Å². The van der Waals surface area contributed by atoms with Gasteiger partial charge in [0.05, 0.1) is 6.20 Å². The Labute approximate surface area is 79.3 Å². The molecule has 0 aliphatic carbocycles. The van der Waals surface area contributed by atoms with E-state index >= 15 is 0 Å². The van der Waals surface area contributed by atoms with Crippen molar-refractivity contribution >= 4 is 11.6 Å². The Bertz CT molecular complexity index is 444. The summed E-state index contributed by atoms with van der Waals surface area (Å²) < 4.78 is 63.6. The SMILES string of the molecule is [2H]C([2H])([2H])C([2H])(c1ncc(F)c(Cl)n1)C([2H])([2H])[2H]. The summed E-state index contributed by atoms with van der Waals surface area (Å²) in [5.74, 6) is -4.97. The van der Waals surface area contributed by atoms with Crippen LogP contribution >= 0.6 is 11.6 Å². The summed E-state index contributed by atoms with van der Waals surface area (Å²) in [6.45, 7) is -6.45. The fourth-order valence-electron chi connectivity index (χ4n) is 0.467. The minimum atomic E-state index is -3.22. The van der Waals surface area contributed by atoms with Crippen LogP contribution in [0.2, 0.25) is 5.15 Å². The van der Waals surface area contributed by atoms with Crippen LogP contribution < -0.4 is 0 Å². The van der Waals surface area contributed by atoms with E-state index in [9.17, 15) is 4.39 Å². The summed E-state index contributed by atoms with van der Waals surface area (Å²) in [5.41, 5.74) is 0. The van der Waals surface area contributed by atoms with E-state index in [0.717, 1.165) is 0 Å². The molecule has 1 rings (SSSR count). The van der Waals surface area contributed by atoms with E-state index in [2.05, 4.69) is 9.97 Å². The zero-order chi connectivity index (χ0) is 14.4. The predicted octanol–water partition coefficient (Wildman–Crippen LogP) is 2.39. The van der Waals surface area contributed by atoms with E-state index in [1.165, 1.54) is 0 Å². The smallest absolute Gasteiger partial charge is 0.178 e. The average molecular weight is 182 g/mol. The molecule has 0 radical (unpaired) electrons.